The molecule has 2 rings (SSSR count). The predicted octanol–water partition coefficient (Wildman–Crippen LogP) is 2.74. The van der Waals surface area contributed by atoms with Crippen molar-refractivity contribution >= 4 is 30.1 Å². The molecular formula is C14H21ClN2OS. The smallest absolute Gasteiger partial charge is 0.224 e. The summed E-state index contributed by atoms with van der Waals surface area (Å²) in [6, 6.07) is 8.31. The fraction of sp³-hybridized carbons (Fsp3) is 0.500. The molecule has 1 aliphatic heterocycles. The van der Waals surface area contributed by atoms with Crippen LogP contribution in [-0.4, -0.2) is 17.7 Å². The highest BCUT2D eigenvalue weighted by molar-refractivity contribution is 7.99. The lowest BCUT2D eigenvalue weighted by atomic mass is 10.00. The van der Waals surface area contributed by atoms with Crippen LogP contribution < -0.4 is 11.1 Å². The van der Waals surface area contributed by atoms with Crippen molar-refractivity contribution in [2.24, 2.45) is 11.7 Å². The lowest BCUT2D eigenvalue weighted by molar-refractivity contribution is -0.125. The van der Waals surface area contributed by atoms with Crippen LogP contribution in [0.4, 0.5) is 0 Å². The molecule has 0 radical (unpaired) electrons. The first-order valence-electron chi connectivity index (χ1n) is 6.37. The van der Waals surface area contributed by atoms with E-state index in [9.17, 15) is 4.79 Å². The fourth-order valence-electron chi connectivity index (χ4n) is 2.03. The number of carbonyl (C=O) groups excluding carboxylic acids is 1. The molecule has 106 valence electrons. The van der Waals surface area contributed by atoms with Crippen molar-refractivity contribution in [3.05, 3.63) is 29.8 Å². The van der Waals surface area contributed by atoms with Gasteiger partial charge in [-0.2, -0.15) is 0 Å². The Morgan fingerprint density at radius 1 is 1.42 bits per heavy atom. The zero-order chi connectivity index (χ0) is 13.1. The second-order valence-electron chi connectivity index (χ2n) is 4.88. The van der Waals surface area contributed by atoms with Crippen LogP contribution in [0.1, 0.15) is 31.9 Å². The average Bonchev–Trinajstić information content (AvgIpc) is 2.38. The first-order valence-corrected chi connectivity index (χ1v) is 7.36. The van der Waals surface area contributed by atoms with Crippen molar-refractivity contribution in [1.82, 2.24) is 5.32 Å². The molecule has 0 bridgehead atoms. The monoisotopic (exact) mass is 300 g/mol. The van der Waals surface area contributed by atoms with Gasteiger partial charge in [0.05, 0.1) is 6.04 Å². The van der Waals surface area contributed by atoms with Crippen LogP contribution in [0.5, 0.6) is 0 Å². The van der Waals surface area contributed by atoms with Crippen LogP contribution in [-0.2, 0) is 4.79 Å². The van der Waals surface area contributed by atoms with Crippen LogP contribution >= 0.6 is 24.2 Å². The van der Waals surface area contributed by atoms with E-state index in [0.29, 0.717) is 0 Å². The maximum Gasteiger partial charge on any atom is 0.224 e. The highest BCUT2D eigenvalue weighted by Gasteiger charge is 2.25. The summed E-state index contributed by atoms with van der Waals surface area (Å²) in [5, 5.41) is 3.12. The number of amides is 1. The number of thioether (sulfide) groups is 1. The molecule has 1 aliphatic rings. The molecule has 3 atom stereocenters. The van der Waals surface area contributed by atoms with Gasteiger partial charge in [0.1, 0.15) is 0 Å². The van der Waals surface area contributed by atoms with Gasteiger partial charge in [0.15, 0.2) is 0 Å². The molecular weight excluding hydrogens is 280 g/mol. The van der Waals surface area contributed by atoms with E-state index in [0.717, 1.165) is 12.2 Å². The van der Waals surface area contributed by atoms with Crippen molar-refractivity contribution in [3.63, 3.8) is 0 Å². The van der Waals surface area contributed by atoms with Gasteiger partial charge in [0.25, 0.3) is 0 Å². The summed E-state index contributed by atoms with van der Waals surface area (Å²) < 4.78 is 0. The van der Waals surface area contributed by atoms with Gasteiger partial charge in [-0.25, -0.2) is 0 Å². The van der Waals surface area contributed by atoms with Crippen molar-refractivity contribution in [3.8, 4) is 0 Å². The molecule has 3 unspecified atom stereocenters. The van der Waals surface area contributed by atoms with Gasteiger partial charge in [0, 0.05) is 22.6 Å². The van der Waals surface area contributed by atoms with E-state index >= 15 is 0 Å². The highest BCUT2D eigenvalue weighted by Crippen LogP contribution is 2.35. The van der Waals surface area contributed by atoms with Crippen LogP contribution in [0, 0.1) is 5.92 Å². The molecule has 1 heterocycles. The Labute approximate surface area is 125 Å². The summed E-state index contributed by atoms with van der Waals surface area (Å²) in [6.45, 7) is 3.75. The normalized spacial score (nSPS) is 20.7. The lowest BCUT2D eigenvalue weighted by Crippen LogP contribution is -2.40. The van der Waals surface area contributed by atoms with Gasteiger partial charge >= 0.3 is 0 Å². The zero-order valence-electron chi connectivity index (χ0n) is 11.3. The Morgan fingerprint density at radius 3 is 2.79 bits per heavy atom. The molecule has 1 aromatic carbocycles. The number of nitrogens with one attached hydrogen (secondary N) is 1. The van der Waals surface area contributed by atoms with Crippen molar-refractivity contribution in [2.45, 2.75) is 37.2 Å². The number of hydrogen-bond donors (Lipinski definition) is 2. The minimum Gasteiger partial charge on any atom is -0.349 e. The molecule has 0 aromatic heterocycles. The molecule has 0 spiro atoms. The number of fused-ring (bicyclic) bond motifs is 1. The number of benzene rings is 1. The maximum absolute atomic E-state index is 12.1. The molecule has 3 nitrogen and oxygen atoms in total. The maximum atomic E-state index is 12.1. The zero-order valence-corrected chi connectivity index (χ0v) is 12.9. The lowest BCUT2D eigenvalue weighted by Gasteiger charge is -2.27. The fourth-order valence-corrected chi connectivity index (χ4v) is 3.16. The summed E-state index contributed by atoms with van der Waals surface area (Å²) in [5.41, 5.74) is 7.01. The van der Waals surface area contributed by atoms with E-state index in [1.165, 1.54) is 10.5 Å². The van der Waals surface area contributed by atoms with E-state index in [4.69, 9.17) is 5.73 Å². The summed E-state index contributed by atoms with van der Waals surface area (Å²) in [5.74, 6) is 0.956. The molecule has 3 N–H and O–H groups in total. The van der Waals surface area contributed by atoms with Gasteiger partial charge < -0.3 is 11.1 Å². The third kappa shape index (κ3) is 3.88. The molecule has 0 saturated carbocycles. The Bertz CT molecular complexity index is 439. The summed E-state index contributed by atoms with van der Waals surface area (Å²) in [7, 11) is 0. The minimum absolute atomic E-state index is 0. The van der Waals surface area contributed by atoms with Gasteiger partial charge in [-0.1, -0.05) is 25.1 Å². The Hall–Kier alpha value is -0.710. The summed E-state index contributed by atoms with van der Waals surface area (Å²) in [4.78, 5) is 13.3. The first-order chi connectivity index (χ1) is 8.59. The molecule has 1 aromatic rings. The molecule has 0 saturated heterocycles. The van der Waals surface area contributed by atoms with Crippen LogP contribution in [0.25, 0.3) is 0 Å². The van der Waals surface area contributed by atoms with E-state index in [2.05, 4.69) is 17.4 Å². The van der Waals surface area contributed by atoms with Crippen molar-refractivity contribution < 1.29 is 4.79 Å². The van der Waals surface area contributed by atoms with Crippen molar-refractivity contribution in [2.75, 3.05) is 5.75 Å². The summed E-state index contributed by atoms with van der Waals surface area (Å²) in [6.07, 6.45) is 0.985. The van der Waals surface area contributed by atoms with E-state index < -0.39 is 0 Å². The SMILES string of the molecule is CC(N)C(C)C(=O)NC1CCSc2ccccc21.Cl. The Balaban J connectivity index is 0.00000180. The number of hydrogen-bond acceptors (Lipinski definition) is 3. The van der Waals surface area contributed by atoms with E-state index in [1.54, 1.807) is 0 Å². The quantitative estimate of drug-likeness (QED) is 0.902. The molecule has 0 aliphatic carbocycles. The third-order valence-corrected chi connectivity index (χ3v) is 4.60. The molecule has 0 fully saturated rings. The predicted molar refractivity (Wildman–Crippen MR) is 82.7 cm³/mol. The first kappa shape index (κ1) is 16.3. The standard InChI is InChI=1S/C14H20N2OS.ClH/c1-9(10(2)15)14(17)16-12-7-8-18-13-6-4-3-5-11(12)13;/h3-6,9-10,12H,7-8,15H2,1-2H3,(H,16,17);1H. The van der Waals surface area contributed by atoms with Gasteiger partial charge in [-0.3, -0.25) is 4.79 Å². The Kier molecular flexibility index (Phi) is 6.17. The second-order valence-corrected chi connectivity index (χ2v) is 6.02. The third-order valence-electron chi connectivity index (χ3n) is 3.48. The van der Waals surface area contributed by atoms with Gasteiger partial charge in [-0.05, 0) is 25.0 Å². The molecule has 1 amide bonds. The van der Waals surface area contributed by atoms with E-state index in [-0.39, 0.29) is 36.3 Å². The average molecular weight is 301 g/mol. The van der Waals surface area contributed by atoms with Gasteiger partial charge in [-0.15, -0.1) is 24.2 Å². The van der Waals surface area contributed by atoms with Crippen molar-refractivity contribution in [1.29, 1.82) is 0 Å². The van der Waals surface area contributed by atoms with Crippen LogP contribution in [0.2, 0.25) is 0 Å². The number of nitrogens with two attached hydrogens (primary N) is 1. The highest BCUT2D eigenvalue weighted by atomic mass is 35.5. The number of halogens is 1. The number of rotatable bonds is 3. The second kappa shape index (κ2) is 7.17. The summed E-state index contributed by atoms with van der Waals surface area (Å²) >= 11 is 1.86. The number of carbonyl (C=O) groups is 1. The topological polar surface area (TPSA) is 55.1 Å². The van der Waals surface area contributed by atoms with E-state index in [1.807, 2.05) is 37.7 Å². The largest absolute Gasteiger partial charge is 0.349 e. The van der Waals surface area contributed by atoms with Gasteiger partial charge in [0.2, 0.25) is 5.91 Å². The van der Waals surface area contributed by atoms with Crippen LogP contribution in [0.15, 0.2) is 29.2 Å². The molecule has 19 heavy (non-hydrogen) atoms. The Morgan fingerprint density at radius 2 is 2.11 bits per heavy atom. The van der Waals surface area contributed by atoms with Crippen LogP contribution in [0.3, 0.4) is 0 Å². The minimum atomic E-state index is -0.147. The molecule has 5 heteroatoms.